The predicted octanol–water partition coefficient (Wildman–Crippen LogP) is 0.800. The molecule has 5 nitrogen and oxygen atoms in total. The van der Waals surface area contributed by atoms with Gasteiger partial charge in [0.05, 0.1) is 11.8 Å². The van der Waals surface area contributed by atoms with Crippen LogP contribution in [0.3, 0.4) is 0 Å². The van der Waals surface area contributed by atoms with Gasteiger partial charge in [-0.05, 0) is 20.0 Å². The lowest BCUT2D eigenvalue weighted by molar-refractivity contribution is 0.0948. The maximum Gasteiger partial charge on any atom is 0.254 e. The van der Waals surface area contributed by atoms with E-state index in [0.717, 1.165) is 25.3 Å². The minimum Gasteiger partial charge on any atom is -0.351 e. The minimum atomic E-state index is -0.0391. The van der Waals surface area contributed by atoms with Crippen molar-refractivity contribution in [3.8, 4) is 0 Å². The van der Waals surface area contributed by atoms with E-state index < -0.39 is 0 Å². The SMILES string of the molecule is CCN(CC)CCNC(=O)c1cnn(C)c1C. The lowest BCUT2D eigenvalue weighted by atomic mass is 10.2. The lowest BCUT2D eigenvalue weighted by Gasteiger charge is -2.17. The summed E-state index contributed by atoms with van der Waals surface area (Å²) < 4.78 is 1.71. The first-order chi connectivity index (χ1) is 8.10. The second-order valence-electron chi connectivity index (χ2n) is 4.05. The smallest absolute Gasteiger partial charge is 0.254 e. The first kappa shape index (κ1) is 13.7. The van der Waals surface area contributed by atoms with Gasteiger partial charge < -0.3 is 10.2 Å². The molecule has 0 radical (unpaired) electrons. The van der Waals surface area contributed by atoms with Gasteiger partial charge in [-0.1, -0.05) is 13.8 Å². The Morgan fingerprint density at radius 2 is 2.12 bits per heavy atom. The monoisotopic (exact) mass is 238 g/mol. The van der Waals surface area contributed by atoms with Gasteiger partial charge in [0, 0.05) is 25.8 Å². The Morgan fingerprint density at radius 1 is 1.47 bits per heavy atom. The Morgan fingerprint density at radius 3 is 2.59 bits per heavy atom. The van der Waals surface area contributed by atoms with Crippen LogP contribution in [0.4, 0.5) is 0 Å². The van der Waals surface area contributed by atoms with Crippen LogP contribution in [0, 0.1) is 6.92 Å². The molecule has 0 aromatic carbocycles. The van der Waals surface area contributed by atoms with Crippen LogP contribution in [0.5, 0.6) is 0 Å². The third-order valence-corrected chi connectivity index (χ3v) is 3.09. The van der Waals surface area contributed by atoms with Crippen molar-refractivity contribution in [1.29, 1.82) is 0 Å². The number of likely N-dealkylation sites (N-methyl/N-ethyl adjacent to an activating group) is 1. The second-order valence-corrected chi connectivity index (χ2v) is 4.05. The molecule has 96 valence electrons. The third-order valence-electron chi connectivity index (χ3n) is 3.09. The number of amides is 1. The van der Waals surface area contributed by atoms with Crippen molar-refractivity contribution in [3.63, 3.8) is 0 Å². The van der Waals surface area contributed by atoms with E-state index in [-0.39, 0.29) is 5.91 Å². The number of aryl methyl sites for hydroxylation is 1. The second kappa shape index (κ2) is 6.39. The maximum absolute atomic E-state index is 11.9. The van der Waals surface area contributed by atoms with Crippen molar-refractivity contribution >= 4 is 5.91 Å². The standard InChI is InChI=1S/C12H22N4O/c1-5-16(6-2)8-7-13-12(17)11-9-14-15(4)10(11)3/h9H,5-8H2,1-4H3,(H,13,17). The quantitative estimate of drug-likeness (QED) is 0.797. The van der Waals surface area contributed by atoms with Gasteiger partial charge in [0.15, 0.2) is 0 Å². The largest absolute Gasteiger partial charge is 0.351 e. The Labute approximate surface area is 103 Å². The van der Waals surface area contributed by atoms with Crippen LogP contribution in [0.1, 0.15) is 29.9 Å². The summed E-state index contributed by atoms with van der Waals surface area (Å²) in [5, 5.41) is 6.98. The van der Waals surface area contributed by atoms with E-state index in [0.29, 0.717) is 12.1 Å². The highest BCUT2D eigenvalue weighted by Crippen LogP contribution is 2.04. The molecule has 1 rings (SSSR count). The molecule has 0 atom stereocenters. The number of aromatic nitrogens is 2. The minimum absolute atomic E-state index is 0.0391. The molecule has 0 bridgehead atoms. The fraction of sp³-hybridized carbons (Fsp3) is 0.667. The van der Waals surface area contributed by atoms with Crippen LogP contribution in [-0.4, -0.2) is 46.8 Å². The van der Waals surface area contributed by atoms with Crippen LogP contribution in [0.25, 0.3) is 0 Å². The summed E-state index contributed by atoms with van der Waals surface area (Å²) in [6, 6.07) is 0. The van der Waals surface area contributed by atoms with Crippen LogP contribution < -0.4 is 5.32 Å². The lowest BCUT2D eigenvalue weighted by Crippen LogP contribution is -2.34. The van der Waals surface area contributed by atoms with E-state index in [2.05, 4.69) is 29.2 Å². The van der Waals surface area contributed by atoms with Gasteiger partial charge in [0.2, 0.25) is 0 Å². The summed E-state index contributed by atoms with van der Waals surface area (Å²) >= 11 is 0. The first-order valence-corrected chi connectivity index (χ1v) is 6.09. The summed E-state index contributed by atoms with van der Waals surface area (Å²) in [6.45, 7) is 9.73. The van der Waals surface area contributed by atoms with E-state index in [9.17, 15) is 4.79 Å². The number of nitrogens with one attached hydrogen (secondary N) is 1. The molecule has 0 spiro atoms. The fourth-order valence-corrected chi connectivity index (χ4v) is 1.68. The highest BCUT2D eigenvalue weighted by atomic mass is 16.1. The van der Waals surface area contributed by atoms with Crippen molar-refractivity contribution < 1.29 is 4.79 Å². The van der Waals surface area contributed by atoms with Gasteiger partial charge in [-0.25, -0.2) is 0 Å². The van der Waals surface area contributed by atoms with Crippen molar-refractivity contribution in [1.82, 2.24) is 20.0 Å². The maximum atomic E-state index is 11.9. The number of hydrogen-bond acceptors (Lipinski definition) is 3. The number of carbonyl (C=O) groups excluding carboxylic acids is 1. The zero-order valence-corrected chi connectivity index (χ0v) is 11.2. The van der Waals surface area contributed by atoms with Crippen LogP contribution in [0.2, 0.25) is 0 Å². The molecular formula is C12H22N4O. The molecule has 0 aliphatic rings. The van der Waals surface area contributed by atoms with E-state index in [1.54, 1.807) is 10.9 Å². The van der Waals surface area contributed by atoms with Gasteiger partial charge >= 0.3 is 0 Å². The van der Waals surface area contributed by atoms with Crippen molar-refractivity contribution in [2.24, 2.45) is 7.05 Å². The van der Waals surface area contributed by atoms with E-state index >= 15 is 0 Å². The van der Waals surface area contributed by atoms with Crippen LogP contribution in [0.15, 0.2) is 6.20 Å². The molecule has 0 fully saturated rings. The fourth-order valence-electron chi connectivity index (χ4n) is 1.68. The van der Waals surface area contributed by atoms with Gasteiger partial charge in [0.1, 0.15) is 0 Å². The number of rotatable bonds is 6. The summed E-state index contributed by atoms with van der Waals surface area (Å²) in [7, 11) is 1.84. The van der Waals surface area contributed by atoms with Gasteiger partial charge in [-0.2, -0.15) is 5.10 Å². The number of hydrogen-bond donors (Lipinski definition) is 1. The van der Waals surface area contributed by atoms with Crippen molar-refractivity contribution in [2.45, 2.75) is 20.8 Å². The van der Waals surface area contributed by atoms with Crippen LogP contribution in [-0.2, 0) is 7.05 Å². The zero-order valence-electron chi connectivity index (χ0n) is 11.2. The molecule has 1 aromatic heterocycles. The summed E-state index contributed by atoms with van der Waals surface area (Å²) in [6.07, 6.45) is 1.61. The molecule has 0 unspecified atom stereocenters. The molecule has 0 saturated heterocycles. The Bertz CT molecular complexity index is 369. The van der Waals surface area contributed by atoms with Gasteiger partial charge in [0.25, 0.3) is 5.91 Å². The molecule has 1 heterocycles. The van der Waals surface area contributed by atoms with Crippen LogP contribution >= 0.6 is 0 Å². The van der Waals surface area contributed by atoms with Crippen molar-refractivity contribution in [2.75, 3.05) is 26.2 Å². The first-order valence-electron chi connectivity index (χ1n) is 6.09. The molecule has 0 saturated carbocycles. The molecule has 0 aliphatic carbocycles. The molecule has 0 aliphatic heterocycles. The van der Waals surface area contributed by atoms with E-state index in [1.165, 1.54) is 0 Å². The highest BCUT2D eigenvalue weighted by molar-refractivity contribution is 5.94. The average molecular weight is 238 g/mol. The Kier molecular flexibility index (Phi) is 5.15. The van der Waals surface area contributed by atoms with E-state index in [1.807, 2.05) is 14.0 Å². The molecule has 1 amide bonds. The zero-order chi connectivity index (χ0) is 12.8. The summed E-state index contributed by atoms with van der Waals surface area (Å²) in [5.74, 6) is -0.0391. The normalized spacial score (nSPS) is 10.9. The average Bonchev–Trinajstić information content (AvgIpc) is 2.65. The molecule has 1 N–H and O–H groups in total. The molecule has 1 aromatic rings. The Hall–Kier alpha value is -1.36. The third kappa shape index (κ3) is 3.56. The van der Waals surface area contributed by atoms with Gasteiger partial charge in [-0.15, -0.1) is 0 Å². The number of carbonyl (C=O) groups is 1. The summed E-state index contributed by atoms with van der Waals surface area (Å²) in [4.78, 5) is 14.1. The number of nitrogens with zero attached hydrogens (tertiary/aromatic N) is 3. The van der Waals surface area contributed by atoms with Crippen molar-refractivity contribution in [3.05, 3.63) is 17.5 Å². The Balaban J connectivity index is 2.43. The molecular weight excluding hydrogens is 216 g/mol. The molecule has 17 heavy (non-hydrogen) atoms. The van der Waals surface area contributed by atoms with Gasteiger partial charge in [-0.3, -0.25) is 9.48 Å². The van der Waals surface area contributed by atoms with E-state index in [4.69, 9.17) is 0 Å². The topological polar surface area (TPSA) is 50.2 Å². The highest BCUT2D eigenvalue weighted by Gasteiger charge is 2.12. The summed E-state index contributed by atoms with van der Waals surface area (Å²) in [5.41, 5.74) is 1.55. The molecule has 5 heteroatoms. The predicted molar refractivity (Wildman–Crippen MR) is 68.1 cm³/mol.